The topological polar surface area (TPSA) is 66.2 Å². The Morgan fingerprint density at radius 2 is 1.74 bits per heavy atom. The number of nitrogens with one attached hydrogen (secondary N) is 2. The third-order valence-electron chi connectivity index (χ3n) is 3.76. The molecule has 0 atom stereocenters. The van der Waals surface area contributed by atoms with Gasteiger partial charge >= 0.3 is 0 Å². The molecular weight excluding hydrogens is 378 g/mol. The summed E-state index contributed by atoms with van der Waals surface area (Å²) in [6, 6.07) is 14.4. The number of hydrogen-bond acceptors (Lipinski definition) is 8. The molecule has 0 spiro atoms. The van der Waals surface area contributed by atoms with Crippen LogP contribution in [0.3, 0.4) is 0 Å². The van der Waals surface area contributed by atoms with Gasteiger partial charge in [-0.1, -0.05) is 30.3 Å². The fourth-order valence-corrected chi connectivity index (χ4v) is 3.77. The van der Waals surface area contributed by atoms with Gasteiger partial charge in [-0.2, -0.15) is 20.5 Å². The van der Waals surface area contributed by atoms with Gasteiger partial charge in [0.25, 0.3) is 0 Å². The number of benzene rings is 1. The molecular formula is C19H25N5OS2. The smallest absolute Gasteiger partial charge is 0.184 e. The van der Waals surface area contributed by atoms with Crippen molar-refractivity contribution in [2.24, 2.45) is 0 Å². The highest BCUT2D eigenvalue weighted by Crippen LogP contribution is 2.20. The second-order valence-electron chi connectivity index (χ2n) is 6.39. The molecule has 2 aromatic heterocycles. The van der Waals surface area contributed by atoms with Gasteiger partial charge in [0.2, 0.25) is 0 Å². The first kappa shape index (κ1) is 19.7. The second-order valence-corrected chi connectivity index (χ2v) is 8.02. The molecule has 2 N–H and O–H groups in total. The van der Waals surface area contributed by atoms with Crippen LogP contribution in [0.15, 0.2) is 46.9 Å². The molecule has 0 fully saturated rings. The molecule has 144 valence electrons. The SMILES string of the molecule is CN(C)Cc1ccc(CSCCNc2nsnc2NCc2ccccc2)o1. The summed E-state index contributed by atoms with van der Waals surface area (Å²) in [5, 5.41) is 6.71. The molecule has 0 saturated carbocycles. The Kier molecular flexibility index (Phi) is 7.55. The van der Waals surface area contributed by atoms with Crippen LogP contribution in [0.2, 0.25) is 0 Å². The maximum Gasteiger partial charge on any atom is 0.184 e. The van der Waals surface area contributed by atoms with Crippen molar-refractivity contribution in [3.8, 4) is 0 Å². The second kappa shape index (κ2) is 10.3. The molecule has 2 heterocycles. The number of hydrogen-bond donors (Lipinski definition) is 2. The Hall–Kier alpha value is -2.03. The molecule has 0 unspecified atom stereocenters. The summed E-state index contributed by atoms with van der Waals surface area (Å²) in [6.07, 6.45) is 0. The van der Waals surface area contributed by atoms with Gasteiger partial charge in [0, 0.05) is 18.8 Å². The Morgan fingerprint density at radius 1 is 1.00 bits per heavy atom. The zero-order valence-corrected chi connectivity index (χ0v) is 17.3. The minimum atomic E-state index is 0.740. The molecule has 3 rings (SSSR count). The van der Waals surface area contributed by atoms with Crippen molar-refractivity contribution in [1.82, 2.24) is 13.6 Å². The number of rotatable bonds is 11. The summed E-state index contributed by atoms with van der Waals surface area (Å²) in [7, 11) is 4.08. The van der Waals surface area contributed by atoms with Gasteiger partial charge in [-0.05, 0) is 31.8 Å². The number of aromatic nitrogens is 2. The van der Waals surface area contributed by atoms with Crippen LogP contribution in [0.25, 0.3) is 0 Å². The van der Waals surface area contributed by atoms with E-state index in [4.69, 9.17) is 4.42 Å². The third-order valence-corrected chi connectivity index (χ3v) is 5.27. The molecule has 1 aromatic carbocycles. The maximum absolute atomic E-state index is 5.83. The van der Waals surface area contributed by atoms with E-state index in [1.165, 1.54) is 17.3 Å². The predicted molar refractivity (Wildman–Crippen MR) is 114 cm³/mol. The molecule has 0 radical (unpaired) electrons. The van der Waals surface area contributed by atoms with Crippen LogP contribution >= 0.6 is 23.5 Å². The van der Waals surface area contributed by atoms with Gasteiger partial charge < -0.3 is 20.0 Å². The van der Waals surface area contributed by atoms with Crippen molar-refractivity contribution < 1.29 is 4.42 Å². The molecule has 0 bridgehead atoms. The largest absolute Gasteiger partial charge is 0.464 e. The molecule has 0 aliphatic carbocycles. The molecule has 0 aliphatic heterocycles. The Bertz CT molecular complexity index is 803. The standard InChI is InChI=1S/C19H25N5OS2/c1-24(2)13-16-8-9-17(25-16)14-26-11-10-20-18-19(23-27-22-18)21-12-15-6-4-3-5-7-15/h3-9H,10-14H2,1-2H3,(H,20,22)(H,21,23). The van der Waals surface area contributed by atoms with Crippen molar-refractivity contribution in [3.63, 3.8) is 0 Å². The normalized spacial score (nSPS) is 11.1. The first-order chi connectivity index (χ1) is 13.2. The zero-order valence-electron chi connectivity index (χ0n) is 15.6. The van der Waals surface area contributed by atoms with Crippen LogP contribution in [0.1, 0.15) is 17.1 Å². The number of anilines is 2. The average Bonchev–Trinajstić information content (AvgIpc) is 3.29. The lowest BCUT2D eigenvalue weighted by Gasteiger charge is -2.07. The van der Waals surface area contributed by atoms with Crippen LogP contribution in [-0.4, -0.2) is 40.0 Å². The van der Waals surface area contributed by atoms with Crippen LogP contribution in [-0.2, 0) is 18.8 Å². The summed E-state index contributed by atoms with van der Waals surface area (Å²) >= 11 is 3.06. The highest BCUT2D eigenvalue weighted by molar-refractivity contribution is 7.98. The Morgan fingerprint density at radius 3 is 2.52 bits per heavy atom. The Balaban J connectivity index is 1.36. The summed E-state index contributed by atoms with van der Waals surface area (Å²) < 4.78 is 14.5. The van der Waals surface area contributed by atoms with Gasteiger partial charge in [-0.3, -0.25) is 0 Å². The van der Waals surface area contributed by atoms with Crippen molar-refractivity contribution in [1.29, 1.82) is 0 Å². The van der Waals surface area contributed by atoms with E-state index in [0.29, 0.717) is 0 Å². The minimum Gasteiger partial charge on any atom is -0.464 e. The quantitative estimate of drug-likeness (QED) is 0.466. The van der Waals surface area contributed by atoms with Crippen LogP contribution in [0, 0.1) is 0 Å². The average molecular weight is 404 g/mol. The molecule has 0 aliphatic rings. The van der Waals surface area contributed by atoms with Gasteiger partial charge in [0.05, 0.1) is 24.0 Å². The molecule has 0 amide bonds. The van der Waals surface area contributed by atoms with Crippen LogP contribution in [0.4, 0.5) is 11.6 Å². The van der Waals surface area contributed by atoms with Gasteiger partial charge in [-0.15, -0.1) is 0 Å². The lowest BCUT2D eigenvalue weighted by Crippen LogP contribution is -2.09. The fraction of sp³-hybridized carbons (Fsp3) is 0.368. The zero-order chi connectivity index (χ0) is 18.9. The van der Waals surface area contributed by atoms with E-state index in [9.17, 15) is 0 Å². The van der Waals surface area contributed by atoms with E-state index in [-0.39, 0.29) is 0 Å². The van der Waals surface area contributed by atoms with Crippen LogP contribution in [0.5, 0.6) is 0 Å². The minimum absolute atomic E-state index is 0.740. The predicted octanol–water partition coefficient (Wildman–Crippen LogP) is 4.15. The molecule has 0 saturated heterocycles. The van der Waals surface area contributed by atoms with E-state index in [2.05, 4.69) is 48.5 Å². The fourth-order valence-electron chi connectivity index (χ4n) is 2.51. The molecule has 3 aromatic rings. The van der Waals surface area contributed by atoms with Crippen molar-refractivity contribution in [2.45, 2.75) is 18.8 Å². The van der Waals surface area contributed by atoms with E-state index < -0.39 is 0 Å². The summed E-state index contributed by atoms with van der Waals surface area (Å²) in [5.74, 6) is 5.52. The molecule has 6 nitrogen and oxygen atoms in total. The lowest BCUT2D eigenvalue weighted by molar-refractivity contribution is 0.344. The highest BCUT2D eigenvalue weighted by Gasteiger charge is 2.07. The highest BCUT2D eigenvalue weighted by atomic mass is 32.2. The van der Waals surface area contributed by atoms with E-state index in [1.807, 2.05) is 44.1 Å². The monoisotopic (exact) mass is 403 g/mol. The first-order valence-electron chi connectivity index (χ1n) is 8.85. The Labute approximate surface area is 168 Å². The van der Waals surface area contributed by atoms with Gasteiger partial charge in [0.15, 0.2) is 11.6 Å². The van der Waals surface area contributed by atoms with Crippen molar-refractivity contribution in [3.05, 3.63) is 59.5 Å². The maximum atomic E-state index is 5.83. The number of nitrogens with zero attached hydrogens (tertiary/aromatic N) is 3. The van der Waals surface area contributed by atoms with E-state index in [0.717, 1.165) is 54.3 Å². The third kappa shape index (κ3) is 6.57. The number of thioether (sulfide) groups is 1. The van der Waals surface area contributed by atoms with Crippen molar-refractivity contribution >= 4 is 35.1 Å². The van der Waals surface area contributed by atoms with Crippen molar-refractivity contribution in [2.75, 3.05) is 37.0 Å². The number of furan rings is 1. The van der Waals surface area contributed by atoms with E-state index >= 15 is 0 Å². The summed E-state index contributed by atoms with van der Waals surface area (Å²) in [5.41, 5.74) is 1.22. The first-order valence-corrected chi connectivity index (χ1v) is 10.7. The van der Waals surface area contributed by atoms with Gasteiger partial charge in [-0.25, -0.2) is 0 Å². The molecule has 27 heavy (non-hydrogen) atoms. The van der Waals surface area contributed by atoms with E-state index in [1.54, 1.807) is 0 Å². The summed E-state index contributed by atoms with van der Waals surface area (Å²) in [6.45, 7) is 2.41. The molecule has 8 heteroatoms. The lowest BCUT2D eigenvalue weighted by atomic mass is 10.2. The summed E-state index contributed by atoms with van der Waals surface area (Å²) in [4.78, 5) is 2.10. The van der Waals surface area contributed by atoms with Gasteiger partial charge in [0.1, 0.15) is 11.5 Å². The van der Waals surface area contributed by atoms with Crippen LogP contribution < -0.4 is 10.6 Å².